The fourth-order valence-electron chi connectivity index (χ4n) is 3.43. The van der Waals surface area contributed by atoms with E-state index in [4.69, 9.17) is 0 Å². The molecule has 1 fully saturated rings. The van der Waals surface area contributed by atoms with E-state index in [0.717, 1.165) is 26.2 Å². The number of nitrogens with zero attached hydrogens (tertiary/aromatic N) is 1. The van der Waals surface area contributed by atoms with Crippen LogP contribution < -0.4 is 5.32 Å². The zero-order valence-corrected chi connectivity index (χ0v) is 12.5. The number of nitrogens with one attached hydrogen (secondary N) is 1. The van der Waals surface area contributed by atoms with Crippen LogP contribution in [0.25, 0.3) is 10.8 Å². The summed E-state index contributed by atoms with van der Waals surface area (Å²) in [4.78, 5) is 2.63. The van der Waals surface area contributed by atoms with E-state index in [9.17, 15) is 0 Å². The van der Waals surface area contributed by atoms with Gasteiger partial charge in [-0.15, -0.1) is 0 Å². The Balaban J connectivity index is 2.05. The first kappa shape index (κ1) is 13.6. The number of benzene rings is 2. The first-order chi connectivity index (χ1) is 9.81. The van der Waals surface area contributed by atoms with Gasteiger partial charge in [-0.2, -0.15) is 0 Å². The lowest BCUT2D eigenvalue weighted by molar-refractivity contribution is 0.170. The zero-order chi connectivity index (χ0) is 13.9. The molecule has 1 aliphatic rings. The summed E-state index contributed by atoms with van der Waals surface area (Å²) in [5.74, 6) is 0. The quantitative estimate of drug-likeness (QED) is 0.916. The highest BCUT2D eigenvalue weighted by Gasteiger charge is 2.22. The second kappa shape index (κ2) is 5.94. The van der Waals surface area contributed by atoms with Gasteiger partial charge < -0.3 is 5.32 Å². The van der Waals surface area contributed by atoms with Gasteiger partial charge in [0.15, 0.2) is 0 Å². The van der Waals surface area contributed by atoms with Crippen molar-refractivity contribution in [2.45, 2.75) is 26.3 Å². The molecule has 0 unspecified atom stereocenters. The van der Waals surface area contributed by atoms with Gasteiger partial charge in [-0.1, -0.05) is 43.3 Å². The smallest absolute Gasteiger partial charge is 0.0352 e. The highest BCUT2D eigenvalue weighted by atomic mass is 15.2. The Morgan fingerprint density at radius 3 is 2.45 bits per heavy atom. The van der Waals surface area contributed by atoms with Crippen molar-refractivity contribution in [3.05, 3.63) is 47.5 Å². The molecule has 1 heterocycles. The van der Waals surface area contributed by atoms with Crippen LogP contribution in [0.2, 0.25) is 0 Å². The van der Waals surface area contributed by atoms with Gasteiger partial charge in [0.05, 0.1) is 0 Å². The molecule has 3 rings (SSSR count). The summed E-state index contributed by atoms with van der Waals surface area (Å²) in [6.45, 7) is 9.04. The van der Waals surface area contributed by atoms with Crippen LogP contribution >= 0.6 is 0 Å². The van der Waals surface area contributed by atoms with E-state index < -0.39 is 0 Å². The molecule has 0 bridgehead atoms. The largest absolute Gasteiger partial charge is 0.314 e. The number of hydrogen-bond acceptors (Lipinski definition) is 2. The standard InChI is InChI=1S/C18H24N2/c1-3-18(20-12-10-19-11-13-20)17-9-8-14(2)15-6-4-5-7-16(15)17/h4-9,18-19H,3,10-13H2,1-2H3/t18-/m1/s1. The molecule has 1 saturated heterocycles. The Labute approximate surface area is 121 Å². The number of piperazine rings is 1. The highest BCUT2D eigenvalue weighted by Crippen LogP contribution is 2.32. The number of aryl methyl sites for hydroxylation is 1. The molecule has 2 aromatic rings. The van der Waals surface area contributed by atoms with E-state index in [1.165, 1.54) is 28.3 Å². The van der Waals surface area contributed by atoms with Gasteiger partial charge in [-0.05, 0) is 35.2 Å². The molecule has 0 saturated carbocycles. The van der Waals surface area contributed by atoms with Crippen molar-refractivity contribution in [3.8, 4) is 0 Å². The van der Waals surface area contributed by atoms with Gasteiger partial charge >= 0.3 is 0 Å². The number of hydrogen-bond donors (Lipinski definition) is 1. The Kier molecular flexibility index (Phi) is 4.04. The summed E-state index contributed by atoms with van der Waals surface area (Å²) < 4.78 is 0. The van der Waals surface area contributed by atoms with Crippen LogP contribution in [0.1, 0.15) is 30.5 Å². The summed E-state index contributed by atoms with van der Waals surface area (Å²) >= 11 is 0. The maximum Gasteiger partial charge on any atom is 0.0352 e. The van der Waals surface area contributed by atoms with Crippen molar-refractivity contribution >= 4 is 10.8 Å². The van der Waals surface area contributed by atoms with Gasteiger partial charge in [-0.25, -0.2) is 0 Å². The van der Waals surface area contributed by atoms with Crippen LogP contribution in [0.5, 0.6) is 0 Å². The summed E-state index contributed by atoms with van der Waals surface area (Å²) in [7, 11) is 0. The topological polar surface area (TPSA) is 15.3 Å². The lowest BCUT2D eigenvalue weighted by Crippen LogP contribution is -2.45. The summed E-state index contributed by atoms with van der Waals surface area (Å²) in [6, 6.07) is 14.0. The van der Waals surface area contributed by atoms with Crippen molar-refractivity contribution in [1.29, 1.82) is 0 Å². The average Bonchev–Trinajstić information content (AvgIpc) is 2.52. The molecule has 0 aromatic heterocycles. The van der Waals surface area contributed by atoms with E-state index in [2.05, 4.69) is 60.5 Å². The lowest BCUT2D eigenvalue weighted by atomic mass is 9.93. The Morgan fingerprint density at radius 2 is 1.75 bits per heavy atom. The number of fused-ring (bicyclic) bond motifs is 1. The van der Waals surface area contributed by atoms with Crippen molar-refractivity contribution in [2.75, 3.05) is 26.2 Å². The van der Waals surface area contributed by atoms with Crippen LogP contribution in [0.15, 0.2) is 36.4 Å². The molecule has 20 heavy (non-hydrogen) atoms. The van der Waals surface area contributed by atoms with E-state index >= 15 is 0 Å². The van der Waals surface area contributed by atoms with E-state index in [0.29, 0.717) is 6.04 Å². The fourth-order valence-corrected chi connectivity index (χ4v) is 3.43. The molecule has 0 amide bonds. The van der Waals surface area contributed by atoms with Crippen molar-refractivity contribution < 1.29 is 0 Å². The molecule has 1 N–H and O–H groups in total. The molecule has 1 aliphatic heterocycles. The fraction of sp³-hybridized carbons (Fsp3) is 0.444. The molecule has 0 spiro atoms. The van der Waals surface area contributed by atoms with Gasteiger partial charge in [0, 0.05) is 32.2 Å². The van der Waals surface area contributed by atoms with Crippen molar-refractivity contribution in [2.24, 2.45) is 0 Å². The van der Waals surface area contributed by atoms with E-state index in [1.54, 1.807) is 0 Å². The molecular weight excluding hydrogens is 244 g/mol. The highest BCUT2D eigenvalue weighted by molar-refractivity contribution is 5.88. The minimum atomic E-state index is 0.544. The Hall–Kier alpha value is -1.38. The molecule has 0 aliphatic carbocycles. The van der Waals surface area contributed by atoms with Crippen molar-refractivity contribution in [1.82, 2.24) is 10.2 Å². The molecular formula is C18H24N2. The SMILES string of the molecule is CC[C@H](c1ccc(C)c2ccccc12)N1CCNCC1. The molecule has 0 radical (unpaired) electrons. The predicted molar refractivity (Wildman–Crippen MR) is 86.2 cm³/mol. The number of rotatable bonds is 3. The first-order valence-electron chi connectivity index (χ1n) is 7.74. The van der Waals surface area contributed by atoms with Crippen molar-refractivity contribution in [3.63, 3.8) is 0 Å². The Morgan fingerprint density at radius 1 is 1.05 bits per heavy atom. The maximum absolute atomic E-state index is 3.45. The van der Waals surface area contributed by atoms with Crippen LogP contribution in [0, 0.1) is 6.92 Å². The molecule has 2 aromatic carbocycles. The third kappa shape index (κ3) is 2.46. The van der Waals surface area contributed by atoms with Gasteiger partial charge in [-0.3, -0.25) is 4.90 Å². The Bertz CT molecular complexity index is 585. The van der Waals surface area contributed by atoms with Gasteiger partial charge in [0.2, 0.25) is 0 Å². The van der Waals surface area contributed by atoms with Crippen LogP contribution in [0.4, 0.5) is 0 Å². The summed E-state index contributed by atoms with van der Waals surface area (Å²) in [5.41, 5.74) is 2.87. The minimum Gasteiger partial charge on any atom is -0.314 e. The molecule has 2 nitrogen and oxygen atoms in total. The molecule has 2 heteroatoms. The molecule has 106 valence electrons. The summed E-state index contributed by atoms with van der Waals surface area (Å²) in [5, 5.41) is 6.28. The lowest BCUT2D eigenvalue weighted by Gasteiger charge is -2.35. The second-order valence-electron chi connectivity index (χ2n) is 5.73. The van der Waals surface area contributed by atoms with Gasteiger partial charge in [0.25, 0.3) is 0 Å². The summed E-state index contributed by atoms with van der Waals surface area (Å²) in [6.07, 6.45) is 1.17. The predicted octanol–water partition coefficient (Wildman–Crippen LogP) is 3.50. The minimum absolute atomic E-state index is 0.544. The van der Waals surface area contributed by atoms with Crippen LogP contribution in [-0.2, 0) is 0 Å². The van der Waals surface area contributed by atoms with E-state index in [-0.39, 0.29) is 0 Å². The van der Waals surface area contributed by atoms with Gasteiger partial charge in [0.1, 0.15) is 0 Å². The second-order valence-corrected chi connectivity index (χ2v) is 5.73. The normalized spacial score (nSPS) is 18.3. The third-order valence-electron chi connectivity index (χ3n) is 4.51. The third-order valence-corrected chi connectivity index (χ3v) is 4.51. The van der Waals surface area contributed by atoms with Crippen LogP contribution in [-0.4, -0.2) is 31.1 Å². The average molecular weight is 268 g/mol. The van der Waals surface area contributed by atoms with E-state index in [1.807, 2.05) is 0 Å². The van der Waals surface area contributed by atoms with Crippen LogP contribution in [0.3, 0.4) is 0 Å². The zero-order valence-electron chi connectivity index (χ0n) is 12.5. The maximum atomic E-state index is 3.45. The molecule has 1 atom stereocenters. The first-order valence-corrected chi connectivity index (χ1v) is 7.74. The monoisotopic (exact) mass is 268 g/mol.